The number of aliphatic carboxylic acids is 1. The molecule has 0 saturated heterocycles. The third-order valence-electron chi connectivity index (χ3n) is 2.75. The number of amides is 1. The summed E-state index contributed by atoms with van der Waals surface area (Å²) in [6.45, 7) is 3.75. The highest BCUT2D eigenvalue weighted by Crippen LogP contribution is 2.26. The number of carboxylic acid groups (broad SMARTS) is 1. The van der Waals surface area contributed by atoms with E-state index in [0.717, 1.165) is 0 Å². The zero-order valence-electron chi connectivity index (χ0n) is 11.7. The van der Waals surface area contributed by atoms with Crippen molar-refractivity contribution < 1.29 is 24.5 Å². The van der Waals surface area contributed by atoms with E-state index in [9.17, 15) is 14.7 Å². The number of carbonyl (C=O) groups excluding carboxylic acids is 1. The summed E-state index contributed by atoms with van der Waals surface area (Å²) >= 11 is 0. The molecule has 0 radical (unpaired) electrons. The summed E-state index contributed by atoms with van der Waals surface area (Å²) in [4.78, 5) is 23.1. The Bertz CT molecular complexity index is 498. The normalized spacial score (nSPS) is 12.0. The Morgan fingerprint density at radius 1 is 1.35 bits per heavy atom. The number of hydrogen-bond acceptors (Lipinski definition) is 4. The average Bonchev–Trinajstić information content (AvgIpc) is 2.37. The molecule has 0 aliphatic heterocycles. The molecule has 20 heavy (non-hydrogen) atoms. The lowest BCUT2D eigenvalue weighted by atomic mass is 10.0. The number of methoxy groups -OCH3 is 1. The summed E-state index contributed by atoms with van der Waals surface area (Å²) in [6.07, 6.45) is 0.337. The van der Waals surface area contributed by atoms with Crippen molar-refractivity contribution in [1.29, 1.82) is 0 Å². The maximum atomic E-state index is 12.0. The van der Waals surface area contributed by atoms with Crippen LogP contribution in [0.1, 0.15) is 30.6 Å². The van der Waals surface area contributed by atoms with Crippen LogP contribution in [0.15, 0.2) is 18.2 Å². The van der Waals surface area contributed by atoms with Crippen LogP contribution in [0.25, 0.3) is 0 Å². The van der Waals surface area contributed by atoms with Gasteiger partial charge in [-0.25, -0.2) is 4.79 Å². The van der Waals surface area contributed by atoms with Gasteiger partial charge in [-0.2, -0.15) is 0 Å². The maximum absolute atomic E-state index is 12.0. The second-order valence-electron chi connectivity index (χ2n) is 4.88. The lowest BCUT2D eigenvalue weighted by Gasteiger charge is -2.16. The molecule has 1 aromatic rings. The first-order valence-corrected chi connectivity index (χ1v) is 6.25. The molecule has 1 amide bonds. The number of phenols is 1. The Kier molecular flexibility index (Phi) is 5.37. The van der Waals surface area contributed by atoms with Crippen molar-refractivity contribution in [2.75, 3.05) is 7.11 Å². The van der Waals surface area contributed by atoms with Gasteiger partial charge in [-0.05, 0) is 30.5 Å². The molecule has 1 aromatic carbocycles. The molecular weight excluding hydrogens is 262 g/mol. The van der Waals surface area contributed by atoms with Gasteiger partial charge < -0.3 is 20.3 Å². The van der Waals surface area contributed by atoms with E-state index in [1.165, 1.54) is 25.3 Å². The number of carboxylic acids is 1. The largest absolute Gasteiger partial charge is 0.504 e. The predicted molar refractivity (Wildman–Crippen MR) is 73.0 cm³/mol. The molecule has 0 heterocycles. The van der Waals surface area contributed by atoms with Crippen molar-refractivity contribution in [3.8, 4) is 11.5 Å². The first-order valence-electron chi connectivity index (χ1n) is 6.25. The Balaban J connectivity index is 2.83. The summed E-state index contributed by atoms with van der Waals surface area (Å²) in [6, 6.07) is 3.19. The van der Waals surface area contributed by atoms with Gasteiger partial charge in [0, 0.05) is 5.56 Å². The quantitative estimate of drug-likeness (QED) is 0.736. The molecule has 0 spiro atoms. The van der Waals surface area contributed by atoms with Crippen LogP contribution < -0.4 is 10.1 Å². The molecule has 0 bridgehead atoms. The summed E-state index contributed by atoms with van der Waals surface area (Å²) < 4.78 is 4.88. The zero-order chi connectivity index (χ0) is 15.3. The van der Waals surface area contributed by atoms with Gasteiger partial charge in [0.05, 0.1) is 7.11 Å². The van der Waals surface area contributed by atoms with E-state index >= 15 is 0 Å². The van der Waals surface area contributed by atoms with Gasteiger partial charge >= 0.3 is 5.97 Å². The highest BCUT2D eigenvalue weighted by atomic mass is 16.5. The predicted octanol–water partition coefficient (Wildman–Crippen LogP) is 1.63. The minimum Gasteiger partial charge on any atom is -0.504 e. The van der Waals surface area contributed by atoms with E-state index in [4.69, 9.17) is 9.84 Å². The van der Waals surface area contributed by atoms with Crippen LogP contribution in [0.5, 0.6) is 11.5 Å². The number of nitrogens with one attached hydrogen (secondary N) is 1. The minimum atomic E-state index is -1.08. The zero-order valence-corrected chi connectivity index (χ0v) is 11.7. The van der Waals surface area contributed by atoms with E-state index < -0.39 is 17.9 Å². The second-order valence-corrected chi connectivity index (χ2v) is 4.88. The van der Waals surface area contributed by atoms with Crippen LogP contribution in [0.3, 0.4) is 0 Å². The topological polar surface area (TPSA) is 95.9 Å². The van der Waals surface area contributed by atoms with E-state index in [-0.39, 0.29) is 23.0 Å². The van der Waals surface area contributed by atoms with Gasteiger partial charge in [0.15, 0.2) is 11.5 Å². The van der Waals surface area contributed by atoms with E-state index in [0.29, 0.717) is 6.42 Å². The molecule has 1 atom stereocenters. The molecule has 0 aliphatic carbocycles. The monoisotopic (exact) mass is 281 g/mol. The standard InChI is InChI=1S/C14H19NO5/c1-8(2)6-10(14(18)19)15-13(17)9-4-5-12(20-3)11(16)7-9/h4-5,7-8,10,16H,6H2,1-3H3,(H,15,17)(H,18,19). The van der Waals surface area contributed by atoms with Crippen molar-refractivity contribution in [3.05, 3.63) is 23.8 Å². The molecule has 1 rings (SSSR count). The maximum Gasteiger partial charge on any atom is 0.326 e. The van der Waals surface area contributed by atoms with Gasteiger partial charge in [0.1, 0.15) is 6.04 Å². The smallest absolute Gasteiger partial charge is 0.326 e. The highest BCUT2D eigenvalue weighted by molar-refractivity contribution is 5.97. The summed E-state index contributed by atoms with van der Waals surface area (Å²) in [7, 11) is 1.40. The second kappa shape index (κ2) is 6.79. The number of ether oxygens (including phenoxy) is 1. The van der Waals surface area contributed by atoms with E-state index in [2.05, 4.69) is 5.32 Å². The van der Waals surface area contributed by atoms with Crippen LogP contribution in [0.4, 0.5) is 0 Å². The SMILES string of the molecule is COc1ccc(C(=O)NC(CC(C)C)C(=O)O)cc1O. The lowest BCUT2D eigenvalue weighted by Crippen LogP contribution is -2.41. The molecule has 0 saturated carbocycles. The fourth-order valence-corrected chi connectivity index (χ4v) is 1.77. The lowest BCUT2D eigenvalue weighted by molar-refractivity contribution is -0.139. The summed E-state index contributed by atoms with van der Waals surface area (Å²) in [5, 5.41) is 21.1. The van der Waals surface area contributed by atoms with Gasteiger partial charge in [0.25, 0.3) is 5.91 Å². The summed E-state index contributed by atoms with van der Waals surface area (Å²) in [5.41, 5.74) is 0.179. The van der Waals surface area contributed by atoms with Crippen molar-refractivity contribution >= 4 is 11.9 Å². The Hall–Kier alpha value is -2.24. The molecule has 6 heteroatoms. The Morgan fingerprint density at radius 3 is 2.45 bits per heavy atom. The van der Waals surface area contributed by atoms with Crippen LogP contribution in [0, 0.1) is 5.92 Å². The van der Waals surface area contributed by atoms with Gasteiger partial charge in [-0.15, -0.1) is 0 Å². The van der Waals surface area contributed by atoms with Crippen LogP contribution in [0.2, 0.25) is 0 Å². The fraction of sp³-hybridized carbons (Fsp3) is 0.429. The first kappa shape index (κ1) is 15.8. The van der Waals surface area contributed by atoms with Crippen molar-refractivity contribution in [2.45, 2.75) is 26.3 Å². The van der Waals surface area contributed by atoms with E-state index in [1.54, 1.807) is 0 Å². The first-order chi connectivity index (χ1) is 9.35. The molecule has 110 valence electrons. The molecule has 3 N–H and O–H groups in total. The number of rotatable bonds is 6. The van der Waals surface area contributed by atoms with Crippen LogP contribution in [-0.2, 0) is 4.79 Å². The third-order valence-corrected chi connectivity index (χ3v) is 2.75. The molecular formula is C14H19NO5. The number of benzene rings is 1. The molecule has 6 nitrogen and oxygen atoms in total. The Morgan fingerprint density at radius 2 is 2.00 bits per heavy atom. The minimum absolute atomic E-state index is 0.140. The van der Waals surface area contributed by atoms with E-state index in [1.807, 2.05) is 13.8 Å². The molecule has 0 aromatic heterocycles. The van der Waals surface area contributed by atoms with Crippen molar-refractivity contribution in [3.63, 3.8) is 0 Å². The number of carbonyl (C=O) groups is 2. The van der Waals surface area contributed by atoms with Gasteiger partial charge in [-0.3, -0.25) is 4.79 Å². The molecule has 0 fully saturated rings. The van der Waals surface area contributed by atoms with Gasteiger partial charge in [0.2, 0.25) is 0 Å². The number of aromatic hydroxyl groups is 1. The van der Waals surface area contributed by atoms with Crippen molar-refractivity contribution in [1.82, 2.24) is 5.32 Å². The summed E-state index contributed by atoms with van der Waals surface area (Å²) in [5.74, 6) is -1.41. The van der Waals surface area contributed by atoms with Crippen molar-refractivity contribution in [2.24, 2.45) is 5.92 Å². The molecule has 1 unspecified atom stereocenters. The third kappa shape index (κ3) is 4.15. The van der Waals surface area contributed by atoms with Crippen LogP contribution in [-0.4, -0.2) is 35.2 Å². The Labute approximate surface area is 117 Å². The number of hydrogen-bond donors (Lipinski definition) is 3. The molecule has 0 aliphatic rings. The van der Waals surface area contributed by atoms with Crippen LogP contribution >= 0.6 is 0 Å². The van der Waals surface area contributed by atoms with Gasteiger partial charge in [-0.1, -0.05) is 13.8 Å². The highest BCUT2D eigenvalue weighted by Gasteiger charge is 2.22. The fourth-order valence-electron chi connectivity index (χ4n) is 1.77. The average molecular weight is 281 g/mol. The number of phenolic OH excluding ortho intramolecular Hbond substituents is 1.